The Morgan fingerprint density at radius 3 is 2.38 bits per heavy atom. The summed E-state index contributed by atoms with van der Waals surface area (Å²) in [5.74, 6) is 1.52. The Bertz CT molecular complexity index is 1010. The molecule has 7 heteroatoms. The maximum Gasteiger partial charge on any atom is 0.243 e. The number of benzene rings is 2. The minimum Gasteiger partial charge on any atom is -0.497 e. The summed E-state index contributed by atoms with van der Waals surface area (Å²) < 4.78 is 35.3. The van der Waals surface area contributed by atoms with Crippen LogP contribution in [-0.4, -0.2) is 35.9 Å². The molecule has 0 bridgehead atoms. The van der Waals surface area contributed by atoms with Crippen LogP contribution < -0.4 is 4.74 Å². The third kappa shape index (κ3) is 5.25. The van der Waals surface area contributed by atoms with Gasteiger partial charge >= 0.3 is 0 Å². The normalized spacial score (nSPS) is 11.9. The fourth-order valence-electron chi connectivity index (χ4n) is 3.13. The minimum absolute atomic E-state index is 0.181. The summed E-state index contributed by atoms with van der Waals surface area (Å²) in [4.78, 5) is 4.68. The summed E-state index contributed by atoms with van der Waals surface area (Å²) >= 11 is 0. The lowest BCUT2D eigenvalue weighted by Gasteiger charge is -2.24. The van der Waals surface area contributed by atoms with Crippen LogP contribution in [0.5, 0.6) is 5.75 Å². The molecule has 3 rings (SSSR count). The summed E-state index contributed by atoms with van der Waals surface area (Å²) in [7, 11) is -2.11. The van der Waals surface area contributed by atoms with Crippen molar-refractivity contribution in [1.29, 1.82) is 0 Å². The summed E-state index contributed by atoms with van der Waals surface area (Å²) in [5, 5.41) is 0. The number of methoxy groups -OCH3 is 1. The second-order valence-corrected chi connectivity index (χ2v) is 9.26. The van der Waals surface area contributed by atoms with Crippen LogP contribution in [-0.2, 0) is 23.1 Å². The molecule has 0 atom stereocenters. The molecule has 6 nitrogen and oxygen atoms in total. The van der Waals surface area contributed by atoms with Gasteiger partial charge in [-0.05, 0) is 35.7 Å². The number of imidazole rings is 1. The first kappa shape index (κ1) is 21.1. The number of sulfonamides is 1. The minimum atomic E-state index is -3.66. The van der Waals surface area contributed by atoms with E-state index in [2.05, 4.69) is 4.98 Å². The molecule has 2 aromatic carbocycles. The Hall–Kier alpha value is -2.64. The fraction of sp³-hybridized carbons (Fsp3) is 0.318. The number of rotatable bonds is 9. The highest BCUT2D eigenvalue weighted by molar-refractivity contribution is 7.89. The van der Waals surface area contributed by atoms with Crippen molar-refractivity contribution in [3.63, 3.8) is 0 Å². The van der Waals surface area contributed by atoms with Crippen molar-refractivity contribution in [2.45, 2.75) is 31.8 Å². The van der Waals surface area contributed by atoms with Crippen LogP contribution in [0.2, 0.25) is 0 Å². The summed E-state index contributed by atoms with van der Waals surface area (Å²) in [6.07, 6.45) is 3.60. The van der Waals surface area contributed by atoms with Crippen LogP contribution in [0.1, 0.15) is 25.2 Å². The monoisotopic (exact) mass is 413 g/mol. The van der Waals surface area contributed by atoms with Gasteiger partial charge in [0.25, 0.3) is 0 Å². The first-order chi connectivity index (χ1) is 13.9. The van der Waals surface area contributed by atoms with Gasteiger partial charge in [0, 0.05) is 25.5 Å². The third-order valence-electron chi connectivity index (χ3n) is 4.58. The molecule has 0 aliphatic heterocycles. The van der Waals surface area contributed by atoms with Gasteiger partial charge in [0.1, 0.15) is 11.6 Å². The lowest BCUT2D eigenvalue weighted by atomic mass is 10.2. The number of nitrogens with zero attached hydrogens (tertiary/aromatic N) is 3. The predicted molar refractivity (Wildman–Crippen MR) is 113 cm³/mol. The van der Waals surface area contributed by atoms with Crippen LogP contribution in [0.4, 0.5) is 0 Å². The SMILES string of the molecule is COc1ccc(S(=O)(=O)N(Cc2nccn2Cc2ccccc2)CC(C)C)cc1. The molecule has 1 heterocycles. The van der Waals surface area contributed by atoms with Crippen LogP contribution in [0.25, 0.3) is 0 Å². The van der Waals surface area contributed by atoms with Gasteiger partial charge < -0.3 is 9.30 Å². The van der Waals surface area contributed by atoms with Gasteiger partial charge in [-0.3, -0.25) is 0 Å². The second-order valence-electron chi connectivity index (χ2n) is 7.32. The number of hydrogen-bond acceptors (Lipinski definition) is 4. The van der Waals surface area contributed by atoms with E-state index in [0.717, 1.165) is 5.56 Å². The second kappa shape index (κ2) is 9.24. The standard InChI is InChI=1S/C22H27N3O3S/c1-18(2)15-25(29(26,27)21-11-9-20(28-3)10-12-21)17-22-23-13-14-24(22)16-19-7-5-4-6-8-19/h4-14,18H,15-17H2,1-3H3. The first-order valence-corrected chi connectivity index (χ1v) is 11.0. The van der Waals surface area contributed by atoms with Gasteiger partial charge in [0.2, 0.25) is 10.0 Å². The van der Waals surface area contributed by atoms with E-state index in [-0.39, 0.29) is 17.4 Å². The van der Waals surface area contributed by atoms with Crippen molar-refractivity contribution in [2.75, 3.05) is 13.7 Å². The average Bonchev–Trinajstić information content (AvgIpc) is 3.14. The van der Waals surface area contributed by atoms with Gasteiger partial charge in [-0.15, -0.1) is 0 Å². The van der Waals surface area contributed by atoms with E-state index in [1.54, 1.807) is 37.6 Å². The molecule has 1 aromatic heterocycles. The predicted octanol–water partition coefficient (Wildman–Crippen LogP) is 3.79. The van der Waals surface area contributed by atoms with Crippen molar-refractivity contribution in [3.8, 4) is 5.75 Å². The van der Waals surface area contributed by atoms with E-state index in [4.69, 9.17) is 4.74 Å². The summed E-state index contributed by atoms with van der Waals surface area (Å²) in [6, 6.07) is 16.5. The molecule has 0 saturated carbocycles. The molecule has 0 aliphatic carbocycles. The lowest BCUT2D eigenvalue weighted by Crippen LogP contribution is -2.34. The van der Waals surface area contributed by atoms with Gasteiger partial charge in [-0.25, -0.2) is 13.4 Å². The quantitative estimate of drug-likeness (QED) is 0.535. The van der Waals surface area contributed by atoms with Crippen LogP contribution in [0.3, 0.4) is 0 Å². The van der Waals surface area contributed by atoms with Crippen molar-refractivity contribution in [1.82, 2.24) is 13.9 Å². The molecule has 0 fully saturated rings. The average molecular weight is 414 g/mol. The van der Waals surface area contributed by atoms with Gasteiger partial charge in [-0.1, -0.05) is 44.2 Å². The van der Waals surface area contributed by atoms with Gasteiger partial charge in [0.15, 0.2) is 0 Å². The Balaban J connectivity index is 1.87. The molecule has 0 saturated heterocycles. The van der Waals surface area contributed by atoms with Crippen LogP contribution >= 0.6 is 0 Å². The Labute approximate surface area is 172 Å². The number of hydrogen-bond donors (Lipinski definition) is 0. The molecule has 3 aromatic rings. The van der Waals surface area contributed by atoms with E-state index >= 15 is 0 Å². The molecule has 0 unspecified atom stereocenters. The van der Waals surface area contributed by atoms with Gasteiger partial charge in [-0.2, -0.15) is 4.31 Å². The van der Waals surface area contributed by atoms with E-state index in [9.17, 15) is 8.42 Å². The molecular weight excluding hydrogens is 386 g/mol. The Kier molecular flexibility index (Phi) is 6.71. The molecule has 0 N–H and O–H groups in total. The van der Waals surface area contributed by atoms with Crippen molar-refractivity contribution in [2.24, 2.45) is 5.92 Å². The number of ether oxygens (including phenoxy) is 1. The topological polar surface area (TPSA) is 64.4 Å². The largest absolute Gasteiger partial charge is 0.497 e. The van der Waals surface area contributed by atoms with Gasteiger partial charge in [0.05, 0.1) is 18.6 Å². The van der Waals surface area contributed by atoms with Crippen molar-refractivity contribution in [3.05, 3.63) is 78.4 Å². The highest BCUT2D eigenvalue weighted by Gasteiger charge is 2.27. The zero-order valence-corrected chi connectivity index (χ0v) is 17.8. The molecule has 0 aliphatic rings. The van der Waals surface area contributed by atoms with E-state index in [1.807, 2.05) is 54.9 Å². The maximum absolute atomic E-state index is 13.3. The van der Waals surface area contributed by atoms with Crippen molar-refractivity contribution < 1.29 is 13.2 Å². The van der Waals surface area contributed by atoms with E-state index in [1.165, 1.54) is 4.31 Å². The molecular formula is C22H27N3O3S. The molecule has 154 valence electrons. The highest BCUT2D eigenvalue weighted by atomic mass is 32.2. The smallest absolute Gasteiger partial charge is 0.243 e. The molecule has 0 amide bonds. The zero-order chi connectivity index (χ0) is 20.9. The zero-order valence-electron chi connectivity index (χ0n) is 17.0. The Morgan fingerprint density at radius 1 is 1.07 bits per heavy atom. The highest BCUT2D eigenvalue weighted by Crippen LogP contribution is 2.22. The summed E-state index contributed by atoms with van der Waals surface area (Å²) in [6.45, 7) is 5.28. The first-order valence-electron chi connectivity index (χ1n) is 9.58. The maximum atomic E-state index is 13.3. The summed E-state index contributed by atoms with van der Waals surface area (Å²) in [5.41, 5.74) is 1.14. The van der Waals surface area contributed by atoms with Crippen molar-refractivity contribution >= 4 is 10.0 Å². The Morgan fingerprint density at radius 2 is 1.76 bits per heavy atom. The van der Waals surface area contributed by atoms with Crippen LogP contribution in [0, 0.1) is 5.92 Å². The fourth-order valence-corrected chi connectivity index (χ4v) is 4.68. The number of aromatic nitrogens is 2. The molecule has 0 spiro atoms. The molecule has 29 heavy (non-hydrogen) atoms. The molecule has 0 radical (unpaired) electrons. The third-order valence-corrected chi connectivity index (χ3v) is 6.41. The van der Waals surface area contributed by atoms with E-state index < -0.39 is 10.0 Å². The lowest BCUT2D eigenvalue weighted by molar-refractivity contribution is 0.350. The van der Waals surface area contributed by atoms with E-state index in [0.29, 0.717) is 24.7 Å². The van der Waals surface area contributed by atoms with Crippen LogP contribution in [0.15, 0.2) is 71.9 Å².